The average Bonchev–Trinajstić information content (AvgIpc) is 2.75. The van der Waals surface area contributed by atoms with Crippen LogP contribution in [0.15, 0.2) is 55.2 Å². The normalized spacial score (nSPS) is 12.3. The highest BCUT2D eigenvalue weighted by Gasteiger charge is 2.41. The van der Waals surface area contributed by atoms with Crippen molar-refractivity contribution in [1.29, 1.82) is 0 Å². The third-order valence-corrected chi connectivity index (χ3v) is 4.59. The minimum Gasteiger partial charge on any atom is -0.508 e. The molecule has 1 amide bonds. The van der Waals surface area contributed by atoms with E-state index in [2.05, 4.69) is 17.2 Å². The van der Waals surface area contributed by atoms with E-state index < -0.39 is 17.3 Å². The van der Waals surface area contributed by atoms with Crippen LogP contribution in [0.25, 0.3) is 0 Å². The van der Waals surface area contributed by atoms with Crippen molar-refractivity contribution in [2.45, 2.75) is 25.9 Å². The Kier molecular flexibility index (Phi) is 9.88. The molecule has 1 unspecified atom stereocenters. The molecule has 0 fully saturated rings. The number of nitrogens with zero attached hydrogens (tertiary/aromatic N) is 1. The zero-order valence-corrected chi connectivity index (χ0v) is 17.9. The Hall–Kier alpha value is -3.03. The van der Waals surface area contributed by atoms with E-state index in [0.29, 0.717) is 24.0 Å². The molecular weight excluding hydrogens is 385 g/mol. The predicted octanol–water partition coefficient (Wildman–Crippen LogP) is 3.18. The molecule has 2 aromatic carbocycles. The molecular formula is C23H30FN3O3. The van der Waals surface area contributed by atoms with E-state index in [4.69, 9.17) is 0 Å². The van der Waals surface area contributed by atoms with Gasteiger partial charge in [-0.25, -0.2) is 4.39 Å². The van der Waals surface area contributed by atoms with Crippen LogP contribution in [-0.4, -0.2) is 42.8 Å². The highest BCUT2D eigenvalue weighted by atomic mass is 19.1. The molecule has 162 valence electrons. The summed E-state index contributed by atoms with van der Waals surface area (Å²) < 4.78 is 13.4. The number of benzene rings is 2. The molecule has 6 nitrogen and oxygen atoms in total. The Labute approximate surface area is 177 Å². The van der Waals surface area contributed by atoms with Gasteiger partial charge in [-0.05, 0) is 44.1 Å². The summed E-state index contributed by atoms with van der Waals surface area (Å²) in [5.41, 5.74) is -0.000845. The van der Waals surface area contributed by atoms with Gasteiger partial charge in [-0.15, -0.1) is 0 Å². The van der Waals surface area contributed by atoms with Crippen molar-refractivity contribution in [3.05, 3.63) is 77.8 Å². The fraction of sp³-hybridized carbons (Fsp3) is 0.304. The maximum atomic E-state index is 13.4. The van der Waals surface area contributed by atoms with Crippen LogP contribution in [0.1, 0.15) is 35.3 Å². The molecule has 0 bridgehead atoms. The first-order chi connectivity index (χ1) is 14.4. The molecule has 0 saturated carbocycles. The molecule has 30 heavy (non-hydrogen) atoms. The number of phenols is 1. The zero-order valence-electron chi connectivity index (χ0n) is 17.9. The highest BCUT2D eigenvalue weighted by molar-refractivity contribution is 5.89. The van der Waals surface area contributed by atoms with E-state index in [-0.39, 0.29) is 17.9 Å². The molecule has 0 aliphatic heterocycles. The van der Waals surface area contributed by atoms with E-state index in [1.54, 1.807) is 38.4 Å². The molecule has 2 rings (SSSR count). The van der Waals surface area contributed by atoms with E-state index >= 15 is 0 Å². The second kappa shape index (κ2) is 11.8. The smallest absolute Gasteiger partial charge is 0.250 e. The topological polar surface area (TPSA) is 81.7 Å². The lowest BCUT2D eigenvalue weighted by atomic mass is 9.87. The second-order valence-corrected chi connectivity index (χ2v) is 6.48. The van der Waals surface area contributed by atoms with Crippen molar-refractivity contribution in [3.63, 3.8) is 0 Å². The maximum absolute atomic E-state index is 13.4. The van der Waals surface area contributed by atoms with Crippen LogP contribution >= 0.6 is 0 Å². The zero-order chi connectivity index (χ0) is 22.7. The molecule has 2 aromatic rings. The summed E-state index contributed by atoms with van der Waals surface area (Å²) in [6.45, 7) is 7.99. The van der Waals surface area contributed by atoms with Crippen molar-refractivity contribution in [2.75, 3.05) is 20.6 Å². The molecule has 0 aliphatic rings. The lowest BCUT2D eigenvalue weighted by Gasteiger charge is -2.36. The fourth-order valence-electron chi connectivity index (χ4n) is 3.23. The molecule has 1 atom stereocenters. The summed E-state index contributed by atoms with van der Waals surface area (Å²) in [7, 11) is 3.39. The van der Waals surface area contributed by atoms with Gasteiger partial charge in [-0.2, -0.15) is 0 Å². The second-order valence-electron chi connectivity index (χ2n) is 6.48. The van der Waals surface area contributed by atoms with Gasteiger partial charge in [0, 0.05) is 24.2 Å². The molecule has 0 radical (unpaired) electrons. The van der Waals surface area contributed by atoms with Crippen molar-refractivity contribution in [1.82, 2.24) is 15.5 Å². The van der Waals surface area contributed by atoms with Crippen LogP contribution in [0, 0.1) is 5.82 Å². The Morgan fingerprint density at radius 3 is 2.50 bits per heavy atom. The summed E-state index contributed by atoms with van der Waals surface area (Å²) in [5, 5.41) is 16.0. The summed E-state index contributed by atoms with van der Waals surface area (Å²) >= 11 is 0. The number of phenolic OH excluding ortho intramolecular Hbond substituents is 1. The number of amides is 1. The number of para-hydroxylation sites is 1. The first-order valence-electron chi connectivity index (χ1n) is 9.69. The SMILES string of the molecule is C=CNC(=O)C(CN(C)Cc1ccc(F)cc1C=O)(NC)c1ccccc1O.CC. The average molecular weight is 416 g/mol. The first kappa shape index (κ1) is 25.0. The highest BCUT2D eigenvalue weighted by Crippen LogP contribution is 2.30. The molecule has 0 aliphatic carbocycles. The molecule has 0 saturated heterocycles. The van der Waals surface area contributed by atoms with Crippen LogP contribution in [0.4, 0.5) is 4.39 Å². The van der Waals surface area contributed by atoms with Crippen LogP contribution < -0.4 is 10.6 Å². The van der Waals surface area contributed by atoms with E-state index in [1.165, 1.54) is 24.4 Å². The minimum absolute atomic E-state index is 0.0279. The van der Waals surface area contributed by atoms with Gasteiger partial charge in [0.1, 0.15) is 23.4 Å². The Morgan fingerprint density at radius 2 is 1.93 bits per heavy atom. The Bertz CT molecular complexity index is 873. The van der Waals surface area contributed by atoms with E-state index in [9.17, 15) is 19.1 Å². The largest absolute Gasteiger partial charge is 0.508 e. The fourth-order valence-corrected chi connectivity index (χ4v) is 3.23. The number of nitrogens with one attached hydrogen (secondary N) is 2. The number of hydrogen-bond donors (Lipinski definition) is 3. The monoisotopic (exact) mass is 415 g/mol. The van der Waals surface area contributed by atoms with Crippen molar-refractivity contribution in [3.8, 4) is 5.75 Å². The molecule has 0 spiro atoms. The number of carbonyl (C=O) groups is 2. The van der Waals surface area contributed by atoms with Gasteiger partial charge < -0.3 is 15.7 Å². The molecule has 3 N–H and O–H groups in total. The van der Waals surface area contributed by atoms with Gasteiger partial charge in [0.15, 0.2) is 0 Å². The number of carbonyl (C=O) groups excluding carboxylic acids is 2. The van der Waals surface area contributed by atoms with Crippen LogP contribution in [0.5, 0.6) is 5.75 Å². The summed E-state index contributed by atoms with van der Waals surface area (Å²) in [4.78, 5) is 26.0. The van der Waals surface area contributed by atoms with Crippen molar-refractivity contribution >= 4 is 12.2 Å². The quantitative estimate of drug-likeness (QED) is 0.548. The number of rotatable bonds is 9. The van der Waals surface area contributed by atoms with Crippen LogP contribution in [0.3, 0.4) is 0 Å². The van der Waals surface area contributed by atoms with Crippen LogP contribution in [-0.2, 0) is 16.9 Å². The van der Waals surface area contributed by atoms with E-state index in [0.717, 1.165) is 0 Å². The predicted molar refractivity (Wildman–Crippen MR) is 117 cm³/mol. The van der Waals surface area contributed by atoms with Gasteiger partial charge in [-0.3, -0.25) is 14.5 Å². The summed E-state index contributed by atoms with van der Waals surface area (Å²) in [6.07, 6.45) is 1.88. The van der Waals surface area contributed by atoms with Gasteiger partial charge in [0.2, 0.25) is 5.91 Å². The maximum Gasteiger partial charge on any atom is 0.250 e. The van der Waals surface area contributed by atoms with Gasteiger partial charge in [-0.1, -0.05) is 44.7 Å². The Morgan fingerprint density at radius 1 is 1.27 bits per heavy atom. The molecule has 0 heterocycles. The number of likely N-dealkylation sites (N-methyl/N-ethyl adjacent to an activating group) is 2. The Balaban J connectivity index is 0.00000218. The summed E-state index contributed by atoms with van der Waals surface area (Å²) in [6, 6.07) is 10.6. The van der Waals surface area contributed by atoms with Gasteiger partial charge >= 0.3 is 0 Å². The van der Waals surface area contributed by atoms with Gasteiger partial charge in [0.05, 0.1) is 0 Å². The first-order valence-corrected chi connectivity index (χ1v) is 9.69. The van der Waals surface area contributed by atoms with Crippen LogP contribution in [0.2, 0.25) is 0 Å². The molecule has 7 heteroatoms. The standard InChI is InChI=1S/C21H24FN3O3.C2H6/c1-4-24-20(28)21(23-2,18-7-5-6-8-19(18)27)14-25(3)12-15-9-10-17(22)11-16(15)13-26;1-2/h4-11,13,23,27H,1,12,14H2,2-3H3,(H,24,28);1-2H3. The lowest BCUT2D eigenvalue weighted by Crippen LogP contribution is -2.57. The van der Waals surface area contributed by atoms with Gasteiger partial charge in [0.25, 0.3) is 0 Å². The third-order valence-electron chi connectivity index (χ3n) is 4.59. The number of halogens is 1. The number of hydrogen-bond acceptors (Lipinski definition) is 5. The van der Waals surface area contributed by atoms with E-state index in [1.807, 2.05) is 18.7 Å². The molecule has 0 aromatic heterocycles. The number of aldehydes is 1. The summed E-state index contributed by atoms with van der Waals surface area (Å²) in [5.74, 6) is -0.912. The third kappa shape index (κ3) is 5.75. The van der Waals surface area contributed by atoms with Crippen molar-refractivity contribution in [2.24, 2.45) is 0 Å². The lowest BCUT2D eigenvalue weighted by molar-refractivity contribution is -0.127. The minimum atomic E-state index is -1.28. The number of aromatic hydroxyl groups is 1. The van der Waals surface area contributed by atoms with Crippen molar-refractivity contribution < 1.29 is 19.1 Å².